The Kier molecular flexibility index (Phi) is 10.7. The maximum Gasteiger partial charge on any atom is 0.447 e. The first-order valence-corrected chi connectivity index (χ1v) is 9.79. The van der Waals surface area contributed by atoms with Gasteiger partial charge in [-0.2, -0.15) is 5.26 Å². The van der Waals surface area contributed by atoms with Crippen LogP contribution in [0.25, 0.3) is 0 Å². The second-order valence-corrected chi connectivity index (χ2v) is 7.75. The van der Waals surface area contributed by atoms with Crippen LogP contribution in [0.1, 0.15) is 18.9 Å². The molecule has 0 aliphatic heterocycles. The molecule has 0 aromatic heterocycles. The Bertz CT molecular complexity index is 721. The number of ether oxygens (including phenoxy) is 2. The van der Waals surface area contributed by atoms with Gasteiger partial charge in [-0.1, -0.05) is 17.3 Å². The number of hydrogen-bond acceptors (Lipinski definition) is 9. The average Bonchev–Trinajstić information content (AvgIpc) is 2.70. The van der Waals surface area contributed by atoms with Gasteiger partial charge in [0.25, 0.3) is 0 Å². The molecule has 0 saturated heterocycles. The van der Waals surface area contributed by atoms with Gasteiger partial charge >= 0.3 is 12.2 Å². The van der Waals surface area contributed by atoms with Crippen molar-refractivity contribution in [2.45, 2.75) is 20.0 Å². The summed E-state index contributed by atoms with van der Waals surface area (Å²) in [5.74, 6) is 1.28. The van der Waals surface area contributed by atoms with Crippen molar-refractivity contribution in [3.63, 3.8) is 0 Å². The number of nitrogens with zero attached hydrogens (tertiary/aromatic N) is 4. The first-order valence-electron chi connectivity index (χ1n) is 8.08. The molecule has 1 aromatic carbocycles. The molecular formula is C17H22N4O5S2. The van der Waals surface area contributed by atoms with Crippen LogP contribution < -0.4 is 4.74 Å². The monoisotopic (exact) mass is 426 g/mol. The van der Waals surface area contributed by atoms with Gasteiger partial charge in [-0.15, -0.1) is 11.8 Å². The number of benzene rings is 1. The topological polar surface area (TPSA) is 104 Å². The molecule has 1 rings (SSSR count). The van der Waals surface area contributed by atoms with Crippen LogP contribution in [0, 0.1) is 11.3 Å². The summed E-state index contributed by atoms with van der Waals surface area (Å²) < 4.78 is 12.5. The molecule has 0 atom stereocenters. The summed E-state index contributed by atoms with van der Waals surface area (Å²) in [6.45, 7) is 1.76. The van der Waals surface area contributed by atoms with Gasteiger partial charge in [0.2, 0.25) is 0 Å². The summed E-state index contributed by atoms with van der Waals surface area (Å²) in [5, 5.41) is 12.7. The van der Waals surface area contributed by atoms with Crippen molar-refractivity contribution in [1.82, 2.24) is 8.61 Å². The number of carbonyl (C=O) groups excluding carboxylic acids is 2. The quantitative estimate of drug-likeness (QED) is 0.154. The molecule has 0 fully saturated rings. The Morgan fingerprint density at radius 1 is 1.18 bits per heavy atom. The smallest absolute Gasteiger partial charge is 0.447 e. The van der Waals surface area contributed by atoms with Gasteiger partial charge in [0.1, 0.15) is 17.4 Å². The van der Waals surface area contributed by atoms with Crippen molar-refractivity contribution in [2.24, 2.45) is 5.16 Å². The third kappa shape index (κ3) is 8.88. The molecule has 0 heterocycles. The van der Waals surface area contributed by atoms with Gasteiger partial charge in [0, 0.05) is 26.3 Å². The molecule has 28 heavy (non-hydrogen) atoms. The van der Waals surface area contributed by atoms with E-state index in [4.69, 9.17) is 19.6 Å². The number of carbonyl (C=O) groups is 2. The molecule has 11 heteroatoms. The molecule has 0 saturated carbocycles. The van der Waals surface area contributed by atoms with Gasteiger partial charge in [-0.3, -0.25) is 4.84 Å². The standard InChI is InChI=1S/C17H22N4O5S2/c1-13(27-11-5-10-18)19-26-17(23)21(3)28-20(2)16(22)25-12-14-6-8-15(24-4)9-7-14/h6-9H,5,11-12H2,1-4H3. The highest BCUT2D eigenvalue weighted by atomic mass is 32.2. The lowest BCUT2D eigenvalue weighted by molar-refractivity contribution is 0.123. The lowest BCUT2D eigenvalue weighted by Crippen LogP contribution is -2.29. The molecule has 0 N–H and O–H groups in total. The number of rotatable bonds is 8. The van der Waals surface area contributed by atoms with Gasteiger partial charge in [0.15, 0.2) is 0 Å². The summed E-state index contributed by atoms with van der Waals surface area (Å²) in [6.07, 6.45) is -0.989. The molecule has 2 amide bonds. The van der Waals surface area contributed by atoms with Crippen LogP contribution in [0.2, 0.25) is 0 Å². The lowest BCUT2D eigenvalue weighted by Gasteiger charge is -2.20. The predicted molar refractivity (Wildman–Crippen MR) is 109 cm³/mol. The number of methoxy groups -OCH3 is 1. The highest BCUT2D eigenvalue weighted by Crippen LogP contribution is 2.17. The summed E-state index contributed by atoms with van der Waals surface area (Å²) in [4.78, 5) is 28.7. The van der Waals surface area contributed by atoms with Crippen LogP contribution in [0.15, 0.2) is 29.4 Å². The highest BCUT2D eigenvalue weighted by molar-refractivity contribution is 8.13. The Balaban J connectivity index is 2.39. The van der Waals surface area contributed by atoms with E-state index in [2.05, 4.69) is 5.16 Å². The molecule has 0 bridgehead atoms. The van der Waals surface area contributed by atoms with E-state index < -0.39 is 12.2 Å². The van der Waals surface area contributed by atoms with Crippen LogP contribution in [-0.2, 0) is 16.2 Å². The van der Waals surface area contributed by atoms with Crippen molar-refractivity contribution >= 4 is 41.1 Å². The number of thioether (sulfide) groups is 1. The third-order valence-electron chi connectivity index (χ3n) is 3.06. The Morgan fingerprint density at radius 2 is 1.82 bits per heavy atom. The summed E-state index contributed by atoms with van der Waals surface area (Å²) in [6, 6.07) is 9.13. The molecule has 9 nitrogen and oxygen atoms in total. The van der Waals surface area contributed by atoms with E-state index >= 15 is 0 Å². The summed E-state index contributed by atoms with van der Waals surface area (Å²) in [5.41, 5.74) is 0.805. The number of nitriles is 1. The zero-order chi connectivity index (χ0) is 20.9. The van der Waals surface area contributed by atoms with Crippen molar-refractivity contribution in [1.29, 1.82) is 5.26 Å². The molecule has 0 radical (unpaired) electrons. The maximum atomic E-state index is 12.0. The van der Waals surface area contributed by atoms with E-state index in [1.165, 1.54) is 25.9 Å². The fraction of sp³-hybridized carbons (Fsp3) is 0.412. The van der Waals surface area contributed by atoms with Crippen LogP contribution in [0.4, 0.5) is 9.59 Å². The SMILES string of the molecule is COc1ccc(COC(=O)N(C)SN(C)C(=O)ON=C(C)SCCC#N)cc1. The van der Waals surface area contributed by atoms with Crippen molar-refractivity contribution in [3.8, 4) is 11.8 Å². The van der Waals surface area contributed by atoms with Crippen LogP contribution in [0.3, 0.4) is 0 Å². The molecule has 0 spiro atoms. The maximum absolute atomic E-state index is 12.0. The van der Waals surface area contributed by atoms with Crippen molar-refractivity contribution in [3.05, 3.63) is 29.8 Å². The number of amides is 2. The van der Waals surface area contributed by atoms with Gasteiger partial charge < -0.3 is 9.47 Å². The molecule has 0 aliphatic rings. The largest absolute Gasteiger partial charge is 0.497 e. The molecule has 0 unspecified atom stereocenters. The van der Waals surface area contributed by atoms with Gasteiger partial charge in [0.05, 0.1) is 25.3 Å². The van der Waals surface area contributed by atoms with Gasteiger partial charge in [-0.25, -0.2) is 18.2 Å². The second-order valence-electron chi connectivity index (χ2n) is 5.20. The van der Waals surface area contributed by atoms with Crippen molar-refractivity contribution < 1.29 is 23.9 Å². The first-order chi connectivity index (χ1) is 13.4. The minimum atomic E-state index is -0.750. The Morgan fingerprint density at radius 3 is 2.43 bits per heavy atom. The van der Waals surface area contributed by atoms with E-state index in [9.17, 15) is 9.59 Å². The third-order valence-corrected chi connectivity index (χ3v) is 4.75. The van der Waals surface area contributed by atoms with Crippen LogP contribution in [-0.4, -0.2) is 52.8 Å². The zero-order valence-corrected chi connectivity index (χ0v) is 17.7. The fourth-order valence-electron chi connectivity index (χ4n) is 1.64. The molecule has 152 valence electrons. The fourth-order valence-corrected chi connectivity index (χ4v) is 2.81. The van der Waals surface area contributed by atoms with Gasteiger partial charge in [-0.05, 0) is 24.6 Å². The molecule has 1 aromatic rings. The van der Waals surface area contributed by atoms with Crippen LogP contribution in [0.5, 0.6) is 5.75 Å². The number of hydrogen-bond donors (Lipinski definition) is 0. The lowest BCUT2D eigenvalue weighted by atomic mass is 10.2. The van der Waals surface area contributed by atoms with Crippen molar-refractivity contribution in [2.75, 3.05) is 27.0 Å². The first kappa shape index (κ1) is 23.5. The predicted octanol–water partition coefficient (Wildman–Crippen LogP) is 3.88. The van der Waals surface area contributed by atoms with E-state index in [1.807, 2.05) is 6.07 Å². The Labute approximate surface area is 172 Å². The molecule has 0 aliphatic carbocycles. The highest BCUT2D eigenvalue weighted by Gasteiger charge is 2.19. The minimum absolute atomic E-state index is 0.0886. The zero-order valence-electron chi connectivity index (χ0n) is 16.1. The number of oxime groups is 1. The van der Waals surface area contributed by atoms with E-state index in [0.717, 1.165) is 26.3 Å². The minimum Gasteiger partial charge on any atom is -0.497 e. The van der Waals surface area contributed by atoms with E-state index in [-0.39, 0.29) is 6.61 Å². The Hall–Kier alpha value is -2.58. The van der Waals surface area contributed by atoms with E-state index in [0.29, 0.717) is 23.0 Å². The summed E-state index contributed by atoms with van der Waals surface area (Å²) in [7, 11) is 4.48. The second kappa shape index (κ2) is 12.7. The van der Waals surface area contributed by atoms with E-state index in [1.54, 1.807) is 38.3 Å². The molecular weight excluding hydrogens is 404 g/mol. The average molecular weight is 427 g/mol. The normalized spacial score (nSPS) is 10.6. The van der Waals surface area contributed by atoms with Crippen LogP contribution >= 0.6 is 23.9 Å². The summed E-state index contributed by atoms with van der Waals surface area (Å²) >= 11 is 2.12.